The molecule has 1 amide bonds. The van der Waals surface area contributed by atoms with E-state index >= 15 is 0 Å². The van der Waals surface area contributed by atoms with E-state index < -0.39 is 0 Å². The Bertz CT molecular complexity index is 708. The van der Waals surface area contributed by atoms with Gasteiger partial charge in [0.2, 0.25) is 5.91 Å². The second-order valence-electron chi connectivity index (χ2n) is 6.42. The third kappa shape index (κ3) is 3.48. The number of methoxy groups -OCH3 is 1. The number of fused-ring (bicyclic) bond motifs is 1. The van der Waals surface area contributed by atoms with E-state index in [4.69, 9.17) is 4.74 Å². The summed E-state index contributed by atoms with van der Waals surface area (Å²) in [6.07, 6.45) is 1.16. The maximum absolute atomic E-state index is 12.8. The van der Waals surface area contributed by atoms with Crippen LogP contribution in [-0.4, -0.2) is 45.3 Å². The summed E-state index contributed by atoms with van der Waals surface area (Å²) in [5, 5.41) is 8.46. The molecule has 0 aliphatic carbocycles. The Balaban J connectivity index is 1.71. The van der Waals surface area contributed by atoms with Gasteiger partial charge < -0.3 is 14.2 Å². The molecule has 128 valence electrons. The van der Waals surface area contributed by atoms with Gasteiger partial charge in [-0.15, -0.1) is 10.2 Å². The largest absolute Gasteiger partial charge is 0.377 e. The van der Waals surface area contributed by atoms with Crippen molar-refractivity contribution in [3.8, 4) is 0 Å². The van der Waals surface area contributed by atoms with Crippen molar-refractivity contribution in [3.05, 3.63) is 47.0 Å². The number of nitrogens with zero attached hydrogens (tertiary/aromatic N) is 4. The molecule has 1 aliphatic heterocycles. The lowest BCUT2D eigenvalue weighted by molar-refractivity contribution is -0.132. The fourth-order valence-electron chi connectivity index (χ4n) is 3.17. The van der Waals surface area contributed by atoms with Crippen molar-refractivity contribution in [2.75, 3.05) is 13.7 Å². The Labute approximate surface area is 142 Å². The molecule has 1 aliphatic rings. The molecule has 0 saturated carbocycles. The standard InChI is InChI=1S/C18H24N4O2/c1-13-4-6-15(7-5-13)11-18(23)21-8-9-22-16(10-14(21)2)19-20-17(22)12-24-3/h4-7,14H,8-12H2,1-3H3/t14-/m1/s1. The molecule has 6 heteroatoms. The second kappa shape index (κ2) is 7.13. The monoisotopic (exact) mass is 328 g/mol. The predicted octanol–water partition coefficient (Wildman–Crippen LogP) is 1.75. The van der Waals surface area contributed by atoms with E-state index in [1.807, 2.05) is 29.2 Å². The van der Waals surface area contributed by atoms with Crippen LogP contribution in [0.4, 0.5) is 0 Å². The average molecular weight is 328 g/mol. The maximum Gasteiger partial charge on any atom is 0.227 e. The zero-order chi connectivity index (χ0) is 17.1. The number of carbonyl (C=O) groups excluding carboxylic acids is 1. The minimum absolute atomic E-state index is 0.115. The topological polar surface area (TPSA) is 60.3 Å². The first-order valence-corrected chi connectivity index (χ1v) is 8.33. The van der Waals surface area contributed by atoms with Crippen LogP contribution < -0.4 is 0 Å². The summed E-state index contributed by atoms with van der Waals surface area (Å²) in [5.41, 5.74) is 2.26. The molecule has 3 rings (SSSR count). The molecule has 0 radical (unpaired) electrons. The van der Waals surface area contributed by atoms with E-state index in [0.29, 0.717) is 26.1 Å². The van der Waals surface area contributed by atoms with E-state index in [2.05, 4.69) is 28.6 Å². The van der Waals surface area contributed by atoms with Gasteiger partial charge in [-0.1, -0.05) is 29.8 Å². The van der Waals surface area contributed by atoms with E-state index in [1.54, 1.807) is 7.11 Å². The summed E-state index contributed by atoms with van der Waals surface area (Å²) in [6, 6.07) is 8.27. The van der Waals surface area contributed by atoms with Crippen molar-refractivity contribution < 1.29 is 9.53 Å². The molecule has 0 N–H and O–H groups in total. The lowest BCUT2D eigenvalue weighted by Gasteiger charge is -2.26. The van der Waals surface area contributed by atoms with Crippen molar-refractivity contribution in [2.45, 2.75) is 45.9 Å². The molecule has 0 fully saturated rings. The average Bonchev–Trinajstić information content (AvgIpc) is 2.83. The first-order valence-electron chi connectivity index (χ1n) is 8.33. The Morgan fingerprint density at radius 2 is 2.00 bits per heavy atom. The number of benzene rings is 1. The molecule has 1 atom stereocenters. The highest BCUT2D eigenvalue weighted by atomic mass is 16.5. The zero-order valence-electron chi connectivity index (χ0n) is 14.5. The molecule has 0 saturated heterocycles. The summed E-state index contributed by atoms with van der Waals surface area (Å²) >= 11 is 0. The van der Waals surface area contributed by atoms with Crippen LogP contribution in [0.1, 0.15) is 29.7 Å². The van der Waals surface area contributed by atoms with E-state index in [1.165, 1.54) is 5.56 Å². The minimum atomic E-state index is 0.115. The van der Waals surface area contributed by atoms with Crippen LogP contribution in [0, 0.1) is 6.92 Å². The summed E-state index contributed by atoms with van der Waals surface area (Å²) in [4.78, 5) is 14.7. The number of aromatic nitrogens is 3. The second-order valence-corrected chi connectivity index (χ2v) is 6.42. The smallest absolute Gasteiger partial charge is 0.227 e. The lowest BCUT2D eigenvalue weighted by atomic mass is 10.1. The third-order valence-corrected chi connectivity index (χ3v) is 4.55. The van der Waals surface area contributed by atoms with Crippen LogP contribution in [0.5, 0.6) is 0 Å². The zero-order valence-corrected chi connectivity index (χ0v) is 14.5. The molecule has 0 spiro atoms. The van der Waals surface area contributed by atoms with Crippen LogP contribution in [0.3, 0.4) is 0 Å². The number of rotatable bonds is 4. The Kier molecular flexibility index (Phi) is 4.94. The number of ether oxygens (including phenoxy) is 1. The highest BCUT2D eigenvalue weighted by Gasteiger charge is 2.27. The van der Waals surface area contributed by atoms with Crippen molar-refractivity contribution in [1.82, 2.24) is 19.7 Å². The van der Waals surface area contributed by atoms with Gasteiger partial charge >= 0.3 is 0 Å². The number of carbonyl (C=O) groups is 1. The number of hydrogen-bond acceptors (Lipinski definition) is 4. The van der Waals surface area contributed by atoms with Gasteiger partial charge in [0.05, 0.1) is 6.42 Å². The molecule has 24 heavy (non-hydrogen) atoms. The fourth-order valence-corrected chi connectivity index (χ4v) is 3.17. The van der Waals surface area contributed by atoms with Gasteiger partial charge in [-0.3, -0.25) is 4.79 Å². The first-order chi connectivity index (χ1) is 11.6. The summed E-state index contributed by atoms with van der Waals surface area (Å²) < 4.78 is 7.26. The Morgan fingerprint density at radius 3 is 2.71 bits per heavy atom. The number of hydrogen-bond donors (Lipinski definition) is 0. The molecule has 1 aromatic carbocycles. The SMILES string of the molecule is COCc1nnc2n1CCN(C(=O)Cc1ccc(C)cc1)[C@H](C)C2. The van der Waals surface area contributed by atoms with Crippen LogP contribution in [0.2, 0.25) is 0 Å². The Hall–Kier alpha value is -2.21. The van der Waals surface area contributed by atoms with Gasteiger partial charge in [0.15, 0.2) is 5.82 Å². The van der Waals surface area contributed by atoms with Gasteiger partial charge in [-0.2, -0.15) is 0 Å². The van der Waals surface area contributed by atoms with Gasteiger partial charge in [-0.25, -0.2) is 0 Å². The normalized spacial score (nSPS) is 17.5. The van der Waals surface area contributed by atoms with Crippen LogP contribution in [0.25, 0.3) is 0 Å². The molecule has 0 unspecified atom stereocenters. The van der Waals surface area contributed by atoms with Gasteiger partial charge in [0.1, 0.15) is 12.4 Å². The molecule has 0 bridgehead atoms. The van der Waals surface area contributed by atoms with Crippen molar-refractivity contribution >= 4 is 5.91 Å². The molecule has 2 heterocycles. The van der Waals surface area contributed by atoms with Crippen molar-refractivity contribution in [2.24, 2.45) is 0 Å². The maximum atomic E-state index is 12.8. The molecule has 2 aromatic rings. The van der Waals surface area contributed by atoms with E-state index in [0.717, 1.165) is 23.6 Å². The molecule has 6 nitrogen and oxygen atoms in total. The number of aryl methyl sites for hydroxylation is 1. The molecule has 1 aromatic heterocycles. The van der Waals surface area contributed by atoms with Gasteiger partial charge in [-0.05, 0) is 19.4 Å². The van der Waals surface area contributed by atoms with E-state index in [9.17, 15) is 4.79 Å². The lowest BCUT2D eigenvalue weighted by Crippen LogP contribution is -2.41. The molecular weight excluding hydrogens is 304 g/mol. The van der Waals surface area contributed by atoms with Gasteiger partial charge in [0.25, 0.3) is 0 Å². The highest BCUT2D eigenvalue weighted by molar-refractivity contribution is 5.79. The van der Waals surface area contributed by atoms with Crippen LogP contribution in [-0.2, 0) is 35.5 Å². The number of amides is 1. The quantitative estimate of drug-likeness (QED) is 0.858. The van der Waals surface area contributed by atoms with Crippen molar-refractivity contribution in [1.29, 1.82) is 0 Å². The summed E-state index contributed by atoms with van der Waals surface area (Å²) in [5.74, 6) is 1.92. The predicted molar refractivity (Wildman–Crippen MR) is 90.5 cm³/mol. The highest BCUT2D eigenvalue weighted by Crippen LogP contribution is 2.17. The van der Waals surface area contributed by atoms with Crippen molar-refractivity contribution in [3.63, 3.8) is 0 Å². The first kappa shape index (κ1) is 16.6. The fraction of sp³-hybridized carbons (Fsp3) is 0.500. The third-order valence-electron chi connectivity index (χ3n) is 4.55. The van der Waals surface area contributed by atoms with Crippen LogP contribution >= 0.6 is 0 Å². The Morgan fingerprint density at radius 1 is 1.25 bits per heavy atom. The summed E-state index contributed by atoms with van der Waals surface area (Å²) in [6.45, 7) is 5.96. The van der Waals surface area contributed by atoms with Gasteiger partial charge in [0, 0.05) is 32.7 Å². The molecular formula is C18H24N4O2. The minimum Gasteiger partial charge on any atom is -0.377 e. The van der Waals surface area contributed by atoms with E-state index in [-0.39, 0.29) is 11.9 Å². The summed E-state index contributed by atoms with van der Waals surface area (Å²) in [7, 11) is 1.65. The van der Waals surface area contributed by atoms with Crippen LogP contribution in [0.15, 0.2) is 24.3 Å².